The maximum absolute atomic E-state index is 13.0. The minimum Gasteiger partial charge on any atom is -0.377 e. The molecule has 0 saturated heterocycles. The van der Waals surface area contributed by atoms with E-state index in [9.17, 15) is 4.39 Å². The summed E-state index contributed by atoms with van der Waals surface area (Å²) >= 11 is 1.75. The molecule has 0 saturated carbocycles. The van der Waals surface area contributed by atoms with Crippen LogP contribution >= 0.6 is 11.3 Å². The molecule has 1 nitrogen and oxygen atoms in total. The fraction of sp³-hybridized carbons (Fsp3) is 0.286. The molecule has 1 unspecified atom stereocenters. The van der Waals surface area contributed by atoms with E-state index in [4.69, 9.17) is 0 Å². The lowest BCUT2D eigenvalue weighted by atomic mass is 10.1. The van der Waals surface area contributed by atoms with E-state index < -0.39 is 0 Å². The summed E-state index contributed by atoms with van der Waals surface area (Å²) < 4.78 is 13.0. The van der Waals surface area contributed by atoms with E-state index in [1.54, 1.807) is 23.5 Å². The van der Waals surface area contributed by atoms with Gasteiger partial charge in [0, 0.05) is 10.6 Å². The van der Waals surface area contributed by atoms with Crippen LogP contribution in [0.3, 0.4) is 0 Å². The molecule has 2 aromatic rings. The molecular formula is C14H16FNS. The largest absolute Gasteiger partial charge is 0.377 e. The van der Waals surface area contributed by atoms with Gasteiger partial charge < -0.3 is 5.32 Å². The van der Waals surface area contributed by atoms with Crippen molar-refractivity contribution in [2.24, 2.45) is 0 Å². The molecule has 17 heavy (non-hydrogen) atoms. The van der Waals surface area contributed by atoms with Crippen molar-refractivity contribution in [3.8, 4) is 0 Å². The molecule has 0 aliphatic rings. The lowest BCUT2D eigenvalue weighted by molar-refractivity contribution is 0.626. The molecule has 1 atom stereocenters. The second-order valence-electron chi connectivity index (χ2n) is 4.08. The van der Waals surface area contributed by atoms with Gasteiger partial charge in [0.05, 0.1) is 6.04 Å². The van der Waals surface area contributed by atoms with Crippen LogP contribution in [0.2, 0.25) is 0 Å². The Morgan fingerprint density at radius 2 is 2.18 bits per heavy atom. The van der Waals surface area contributed by atoms with Gasteiger partial charge in [-0.1, -0.05) is 13.0 Å². The average molecular weight is 249 g/mol. The van der Waals surface area contributed by atoms with Crippen molar-refractivity contribution in [2.45, 2.75) is 26.3 Å². The van der Waals surface area contributed by atoms with E-state index in [0.29, 0.717) is 6.04 Å². The zero-order chi connectivity index (χ0) is 12.3. The molecule has 0 fully saturated rings. The Balaban J connectivity index is 2.19. The zero-order valence-corrected chi connectivity index (χ0v) is 10.9. The summed E-state index contributed by atoms with van der Waals surface area (Å²) in [4.78, 5) is 1.32. The Bertz CT molecular complexity index is 479. The van der Waals surface area contributed by atoms with Crippen molar-refractivity contribution in [3.05, 3.63) is 52.0 Å². The molecule has 1 heterocycles. The number of hydrogen-bond acceptors (Lipinski definition) is 2. The van der Waals surface area contributed by atoms with E-state index in [1.165, 1.54) is 10.9 Å². The SMILES string of the molecule is CCC(Nc1ccc(F)cc1C)c1cccs1. The summed E-state index contributed by atoms with van der Waals surface area (Å²) in [6, 6.07) is 9.35. The minimum absolute atomic E-state index is 0.183. The van der Waals surface area contributed by atoms with Gasteiger partial charge in [-0.3, -0.25) is 0 Å². The highest BCUT2D eigenvalue weighted by atomic mass is 32.1. The Morgan fingerprint density at radius 1 is 1.35 bits per heavy atom. The van der Waals surface area contributed by atoms with Gasteiger partial charge in [0.1, 0.15) is 5.82 Å². The zero-order valence-electron chi connectivity index (χ0n) is 10.0. The molecule has 0 radical (unpaired) electrons. The second kappa shape index (κ2) is 5.32. The number of thiophene rings is 1. The van der Waals surface area contributed by atoms with Crippen molar-refractivity contribution in [3.63, 3.8) is 0 Å². The molecule has 0 aliphatic heterocycles. The van der Waals surface area contributed by atoms with Crippen LogP contribution < -0.4 is 5.32 Å². The lowest BCUT2D eigenvalue weighted by Gasteiger charge is -2.18. The first kappa shape index (κ1) is 12.1. The number of anilines is 1. The molecule has 3 heteroatoms. The standard InChI is InChI=1S/C14H16FNS/c1-3-12(14-5-4-8-17-14)16-13-7-6-11(15)9-10(13)2/h4-9,12,16H,3H2,1-2H3. The van der Waals surface area contributed by atoms with Crippen molar-refractivity contribution in [1.29, 1.82) is 0 Å². The smallest absolute Gasteiger partial charge is 0.123 e. The van der Waals surface area contributed by atoms with Gasteiger partial charge in [0.2, 0.25) is 0 Å². The molecular weight excluding hydrogens is 233 g/mol. The fourth-order valence-electron chi connectivity index (χ4n) is 1.84. The van der Waals surface area contributed by atoms with Crippen LogP contribution in [0.15, 0.2) is 35.7 Å². The Labute approximate surface area is 105 Å². The van der Waals surface area contributed by atoms with Crippen LogP contribution in [-0.4, -0.2) is 0 Å². The van der Waals surface area contributed by atoms with Crippen LogP contribution in [0.1, 0.15) is 29.8 Å². The molecule has 0 amide bonds. The van der Waals surface area contributed by atoms with Crippen molar-refractivity contribution in [1.82, 2.24) is 0 Å². The van der Waals surface area contributed by atoms with Crippen LogP contribution in [0.25, 0.3) is 0 Å². The van der Waals surface area contributed by atoms with Gasteiger partial charge >= 0.3 is 0 Å². The molecule has 0 aliphatic carbocycles. The van der Waals surface area contributed by atoms with Crippen molar-refractivity contribution >= 4 is 17.0 Å². The van der Waals surface area contributed by atoms with E-state index >= 15 is 0 Å². The topological polar surface area (TPSA) is 12.0 Å². The monoisotopic (exact) mass is 249 g/mol. The highest BCUT2D eigenvalue weighted by Crippen LogP contribution is 2.27. The summed E-state index contributed by atoms with van der Waals surface area (Å²) in [7, 11) is 0. The van der Waals surface area contributed by atoms with Gasteiger partial charge in [0.25, 0.3) is 0 Å². The first-order valence-corrected chi connectivity index (χ1v) is 6.64. The average Bonchev–Trinajstić information content (AvgIpc) is 2.81. The molecule has 1 aromatic heterocycles. The second-order valence-corrected chi connectivity index (χ2v) is 5.06. The molecule has 2 rings (SSSR count). The third-order valence-corrected chi connectivity index (χ3v) is 3.80. The lowest BCUT2D eigenvalue weighted by Crippen LogP contribution is -2.09. The number of rotatable bonds is 4. The third-order valence-electron chi connectivity index (χ3n) is 2.81. The van der Waals surface area contributed by atoms with Gasteiger partial charge in [-0.15, -0.1) is 11.3 Å². The Hall–Kier alpha value is -1.35. The Kier molecular flexibility index (Phi) is 3.79. The summed E-state index contributed by atoms with van der Waals surface area (Å²) in [6.07, 6.45) is 1.01. The maximum Gasteiger partial charge on any atom is 0.123 e. The molecule has 1 N–H and O–H groups in total. The number of aryl methyl sites for hydroxylation is 1. The van der Waals surface area contributed by atoms with E-state index in [0.717, 1.165) is 17.7 Å². The molecule has 0 bridgehead atoms. The van der Waals surface area contributed by atoms with E-state index in [1.807, 2.05) is 6.92 Å². The number of halogens is 1. The van der Waals surface area contributed by atoms with Gasteiger partial charge in [0.15, 0.2) is 0 Å². The highest BCUT2D eigenvalue weighted by molar-refractivity contribution is 7.10. The van der Waals surface area contributed by atoms with Crippen molar-refractivity contribution in [2.75, 3.05) is 5.32 Å². The first-order valence-electron chi connectivity index (χ1n) is 5.76. The van der Waals surface area contributed by atoms with Crippen LogP contribution in [0, 0.1) is 12.7 Å². The Morgan fingerprint density at radius 3 is 2.76 bits per heavy atom. The van der Waals surface area contributed by atoms with E-state index in [-0.39, 0.29) is 5.82 Å². The van der Waals surface area contributed by atoms with Gasteiger partial charge in [-0.25, -0.2) is 4.39 Å². The van der Waals surface area contributed by atoms with Crippen LogP contribution in [0.5, 0.6) is 0 Å². The first-order chi connectivity index (χ1) is 8.20. The van der Waals surface area contributed by atoms with Crippen LogP contribution in [0.4, 0.5) is 10.1 Å². The van der Waals surface area contributed by atoms with Crippen LogP contribution in [-0.2, 0) is 0 Å². The van der Waals surface area contributed by atoms with E-state index in [2.05, 4.69) is 29.8 Å². The summed E-state index contributed by atoms with van der Waals surface area (Å²) in [6.45, 7) is 4.07. The number of hydrogen-bond donors (Lipinski definition) is 1. The molecule has 1 aromatic carbocycles. The summed E-state index contributed by atoms with van der Waals surface area (Å²) in [5.41, 5.74) is 1.95. The quantitative estimate of drug-likeness (QED) is 0.823. The predicted molar refractivity (Wildman–Crippen MR) is 72.1 cm³/mol. The maximum atomic E-state index is 13.0. The van der Waals surface area contributed by atoms with Crippen molar-refractivity contribution < 1.29 is 4.39 Å². The summed E-state index contributed by atoms with van der Waals surface area (Å²) in [5.74, 6) is -0.183. The van der Waals surface area contributed by atoms with Gasteiger partial charge in [-0.05, 0) is 48.6 Å². The predicted octanol–water partition coefficient (Wildman–Crippen LogP) is 4.76. The molecule has 90 valence electrons. The van der Waals surface area contributed by atoms with Gasteiger partial charge in [-0.2, -0.15) is 0 Å². The normalized spacial score (nSPS) is 12.4. The third kappa shape index (κ3) is 2.86. The summed E-state index contributed by atoms with van der Waals surface area (Å²) in [5, 5.41) is 5.55. The molecule has 0 spiro atoms. The minimum atomic E-state index is -0.183. The number of benzene rings is 1. The fourth-order valence-corrected chi connectivity index (χ4v) is 2.70. The highest BCUT2D eigenvalue weighted by Gasteiger charge is 2.11. The number of nitrogens with one attached hydrogen (secondary N) is 1.